The summed E-state index contributed by atoms with van der Waals surface area (Å²) in [5.41, 5.74) is 0.487. The Bertz CT molecular complexity index is 252. The number of hydrogen-bond donors (Lipinski definition) is 1. The second-order valence-electron chi connectivity index (χ2n) is 6.81. The van der Waals surface area contributed by atoms with Crippen LogP contribution in [0.2, 0.25) is 0 Å². The van der Waals surface area contributed by atoms with Crippen molar-refractivity contribution >= 4 is 0 Å². The Morgan fingerprint density at radius 2 is 1.68 bits per heavy atom. The molecule has 2 aliphatic rings. The topological polar surface area (TPSA) is 15.3 Å². The first kappa shape index (κ1) is 15.3. The first-order valence-corrected chi connectivity index (χ1v) is 8.73. The lowest BCUT2D eigenvalue weighted by Gasteiger charge is -2.48. The number of hydrogen-bond acceptors (Lipinski definition) is 2. The van der Waals surface area contributed by atoms with Crippen LogP contribution in [0.5, 0.6) is 0 Å². The fraction of sp³-hybridized carbons (Fsp3) is 1.00. The zero-order chi connectivity index (χ0) is 13.7. The second kappa shape index (κ2) is 7.08. The molecule has 112 valence electrons. The summed E-state index contributed by atoms with van der Waals surface area (Å²) >= 11 is 0. The van der Waals surface area contributed by atoms with Crippen LogP contribution in [0.4, 0.5) is 0 Å². The minimum absolute atomic E-state index is 0.487. The summed E-state index contributed by atoms with van der Waals surface area (Å²) in [4.78, 5) is 2.86. The average Bonchev–Trinajstić information content (AvgIpc) is 3.07. The molecule has 1 N–H and O–H groups in total. The average molecular weight is 266 g/mol. The number of likely N-dealkylation sites (tertiary alicyclic amines) is 1. The van der Waals surface area contributed by atoms with Gasteiger partial charge in [0.1, 0.15) is 0 Å². The lowest BCUT2D eigenvalue weighted by molar-refractivity contribution is 0.0524. The summed E-state index contributed by atoms with van der Waals surface area (Å²) in [6.45, 7) is 10.9. The lowest BCUT2D eigenvalue weighted by atomic mass is 9.78. The first-order valence-electron chi connectivity index (χ1n) is 8.73. The molecule has 2 rings (SSSR count). The van der Waals surface area contributed by atoms with E-state index in [2.05, 4.69) is 31.0 Å². The van der Waals surface area contributed by atoms with E-state index >= 15 is 0 Å². The molecule has 1 aliphatic heterocycles. The van der Waals surface area contributed by atoms with Crippen molar-refractivity contribution in [2.24, 2.45) is 5.92 Å². The highest BCUT2D eigenvalue weighted by Crippen LogP contribution is 2.42. The van der Waals surface area contributed by atoms with Crippen LogP contribution in [0.25, 0.3) is 0 Å². The van der Waals surface area contributed by atoms with Crippen molar-refractivity contribution in [1.29, 1.82) is 0 Å². The highest BCUT2D eigenvalue weighted by atomic mass is 15.2. The highest BCUT2D eigenvalue weighted by molar-refractivity contribution is 5.06. The maximum absolute atomic E-state index is 3.89. The Balaban J connectivity index is 2.17. The molecule has 0 amide bonds. The molecule has 19 heavy (non-hydrogen) atoms. The van der Waals surface area contributed by atoms with E-state index in [4.69, 9.17) is 0 Å². The van der Waals surface area contributed by atoms with Crippen molar-refractivity contribution in [2.45, 2.75) is 83.7 Å². The van der Waals surface area contributed by atoms with Gasteiger partial charge in [-0.3, -0.25) is 4.90 Å². The van der Waals surface area contributed by atoms with E-state index in [0.717, 1.165) is 12.5 Å². The maximum atomic E-state index is 3.89. The van der Waals surface area contributed by atoms with Gasteiger partial charge >= 0.3 is 0 Å². The monoisotopic (exact) mass is 266 g/mol. The molecule has 1 heterocycles. The number of likely N-dealkylation sites (N-methyl/N-ethyl adjacent to an activating group) is 1. The van der Waals surface area contributed by atoms with Crippen LogP contribution < -0.4 is 5.32 Å². The molecule has 0 radical (unpaired) electrons. The second-order valence-corrected chi connectivity index (χ2v) is 6.81. The Morgan fingerprint density at radius 1 is 1.05 bits per heavy atom. The molecule has 2 fully saturated rings. The number of nitrogens with zero attached hydrogens (tertiary/aromatic N) is 1. The summed E-state index contributed by atoms with van der Waals surface area (Å²) in [6.07, 6.45) is 11.3. The third kappa shape index (κ3) is 3.16. The van der Waals surface area contributed by atoms with Gasteiger partial charge in [-0.05, 0) is 57.7 Å². The van der Waals surface area contributed by atoms with Crippen molar-refractivity contribution < 1.29 is 0 Å². The summed E-state index contributed by atoms with van der Waals surface area (Å²) in [7, 11) is 0. The van der Waals surface area contributed by atoms with Crippen molar-refractivity contribution in [1.82, 2.24) is 10.2 Å². The quantitative estimate of drug-likeness (QED) is 0.754. The molecule has 2 heteroatoms. The predicted octanol–water partition coefficient (Wildman–Crippen LogP) is 3.81. The van der Waals surface area contributed by atoms with E-state index in [9.17, 15) is 0 Å². The van der Waals surface area contributed by atoms with Crippen LogP contribution in [-0.4, -0.2) is 36.1 Å². The molecule has 0 spiro atoms. The normalized spacial score (nSPS) is 26.7. The lowest BCUT2D eigenvalue weighted by Crippen LogP contribution is -2.61. The van der Waals surface area contributed by atoms with Gasteiger partial charge in [0.05, 0.1) is 0 Å². The first-order chi connectivity index (χ1) is 9.24. The third-order valence-corrected chi connectivity index (χ3v) is 5.52. The molecule has 1 saturated carbocycles. The van der Waals surface area contributed by atoms with E-state index in [1.807, 2.05) is 0 Å². The predicted molar refractivity (Wildman–Crippen MR) is 83.5 cm³/mol. The van der Waals surface area contributed by atoms with E-state index < -0.39 is 0 Å². The summed E-state index contributed by atoms with van der Waals surface area (Å²) in [5.74, 6) is 0.809. The molecular weight excluding hydrogens is 232 g/mol. The van der Waals surface area contributed by atoms with Crippen molar-refractivity contribution in [3.63, 3.8) is 0 Å². The van der Waals surface area contributed by atoms with Crippen molar-refractivity contribution in [2.75, 3.05) is 19.6 Å². The Morgan fingerprint density at radius 3 is 2.21 bits per heavy atom. The smallest absolute Gasteiger partial charge is 0.0365 e. The SMILES string of the molecule is CCCC(C)C(NCC)C1(N2CCCC2)CCCC1. The summed E-state index contributed by atoms with van der Waals surface area (Å²) in [5, 5.41) is 3.89. The molecule has 0 aromatic carbocycles. The van der Waals surface area contributed by atoms with Crippen molar-refractivity contribution in [3.05, 3.63) is 0 Å². The van der Waals surface area contributed by atoms with Gasteiger partial charge in [-0.25, -0.2) is 0 Å². The maximum Gasteiger partial charge on any atom is 0.0365 e. The molecular formula is C17H34N2. The van der Waals surface area contributed by atoms with Crippen molar-refractivity contribution in [3.8, 4) is 0 Å². The zero-order valence-corrected chi connectivity index (χ0v) is 13.4. The van der Waals surface area contributed by atoms with E-state index in [-0.39, 0.29) is 0 Å². The van der Waals surface area contributed by atoms with Gasteiger partial charge in [-0.1, -0.05) is 40.0 Å². The molecule has 2 atom stereocenters. The van der Waals surface area contributed by atoms with Gasteiger partial charge < -0.3 is 5.32 Å². The Kier molecular flexibility index (Phi) is 5.70. The minimum Gasteiger partial charge on any atom is -0.312 e. The molecule has 0 bridgehead atoms. The molecule has 1 saturated heterocycles. The molecule has 1 aliphatic carbocycles. The number of nitrogens with one attached hydrogen (secondary N) is 1. The minimum atomic E-state index is 0.487. The van der Waals surface area contributed by atoms with Gasteiger partial charge in [0.25, 0.3) is 0 Å². The highest BCUT2D eigenvalue weighted by Gasteiger charge is 2.47. The van der Waals surface area contributed by atoms with E-state index in [0.29, 0.717) is 11.6 Å². The number of rotatable bonds is 7. The largest absolute Gasteiger partial charge is 0.312 e. The van der Waals surface area contributed by atoms with Gasteiger partial charge in [0.2, 0.25) is 0 Å². The van der Waals surface area contributed by atoms with Gasteiger partial charge in [-0.15, -0.1) is 0 Å². The third-order valence-electron chi connectivity index (χ3n) is 5.52. The van der Waals surface area contributed by atoms with Gasteiger partial charge in [0, 0.05) is 11.6 Å². The van der Waals surface area contributed by atoms with Crippen LogP contribution in [0, 0.1) is 5.92 Å². The van der Waals surface area contributed by atoms with Crippen LogP contribution in [0.15, 0.2) is 0 Å². The van der Waals surface area contributed by atoms with Gasteiger partial charge in [-0.2, -0.15) is 0 Å². The van der Waals surface area contributed by atoms with Crippen LogP contribution in [-0.2, 0) is 0 Å². The van der Waals surface area contributed by atoms with Crippen LogP contribution in [0.1, 0.15) is 72.1 Å². The Hall–Kier alpha value is -0.0800. The van der Waals surface area contributed by atoms with E-state index in [1.54, 1.807) is 0 Å². The summed E-state index contributed by atoms with van der Waals surface area (Å²) in [6, 6.07) is 0.707. The van der Waals surface area contributed by atoms with Gasteiger partial charge in [0.15, 0.2) is 0 Å². The zero-order valence-electron chi connectivity index (χ0n) is 13.4. The standard InChI is InChI=1S/C17H34N2/c1-4-10-15(3)16(18-5-2)17(11-6-7-12-17)19-13-8-9-14-19/h15-16,18H,4-14H2,1-3H3. The molecule has 0 aromatic rings. The summed E-state index contributed by atoms with van der Waals surface area (Å²) < 4.78 is 0. The fourth-order valence-corrected chi connectivity index (χ4v) is 4.74. The Labute approximate surface area is 120 Å². The van der Waals surface area contributed by atoms with Crippen LogP contribution in [0.3, 0.4) is 0 Å². The molecule has 0 aromatic heterocycles. The fourth-order valence-electron chi connectivity index (χ4n) is 4.74. The van der Waals surface area contributed by atoms with Crippen LogP contribution >= 0.6 is 0 Å². The molecule has 2 nitrogen and oxygen atoms in total. The molecule has 2 unspecified atom stereocenters. The van der Waals surface area contributed by atoms with E-state index in [1.165, 1.54) is 64.5 Å².